The fourth-order valence-electron chi connectivity index (χ4n) is 2.34. The molecule has 0 fully saturated rings. The molecule has 1 atom stereocenters. The molecule has 0 bridgehead atoms. The molecule has 0 aliphatic carbocycles. The molecule has 0 aliphatic heterocycles. The van der Waals surface area contributed by atoms with Crippen molar-refractivity contribution in [3.63, 3.8) is 0 Å². The Bertz CT molecular complexity index is 850. The van der Waals surface area contributed by atoms with E-state index in [9.17, 15) is 9.18 Å². The van der Waals surface area contributed by atoms with Crippen LogP contribution in [0.15, 0.2) is 59.3 Å². The van der Waals surface area contributed by atoms with Gasteiger partial charge in [0, 0.05) is 24.4 Å². The second-order valence-corrected chi connectivity index (χ2v) is 5.77. The number of ether oxygens (including phenoxy) is 1. The van der Waals surface area contributed by atoms with Gasteiger partial charge in [-0.05, 0) is 43.3 Å². The SMILES string of the molecule is CC(Cc1ccccn1)NC(=O)c1coc(COc2ccc(F)cc2)n1. The molecule has 0 aliphatic rings. The van der Waals surface area contributed by atoms with Crippen LogP contribution >= 0.6 is 0 Å². The van der Waals surface area contributed by atoms with Crippen LogP contribution in [0, 0.1) is 5.82 Å². The Kier molecular flexibility index (Phi) is 5.58. The van der Waals surface area contributed by atoms with E-state index in [1.54, 1.807) is 6.20 Å². The molecule has 1 unspecified atom stereocenters. The van der Waals surface area contributed by atoms with E-state index in [4.69, 9.17) is 9.15 Å². The molecule has 0 radical (unpaired) electrons. The number of pyridine rings is 1. The molecule has 3 rings (SSSR count). The van der Waals surface area contributed by atoms with Gasteiger partial charge in [-0.25, -0.2) is 9.37 Å². The van der Waals surface area contributed by atoms with Crippen LogP contribution in [-0.4, -0.2) is 21.9 Å². The van der Waals surface area contributed by atoms with Crippen LogP contribution in [0.25, 0.3) is 0 Å². The van der Waals surface area contributed by atoms with E-state index in [1.165, 1.54) is 30.5 Å². The molecule has 1 amide bonds. The zero-order valence-electron chi connectivity index (χ0n) is 14.2. The molecule has 0 spiro atoms. The Morgan fingerprint density at radius 1 is 1.27 bits per heavy atom. The molecule has 26 heavy (non-hydrogen) atoms. The topological polar surface area (TPSA) is 77.2 Å². The van der Waals surface area contributed by atoms with Crippen molar-refractivity contribution < 1.29 is 18.3 Å². The molecule has 3 aromatic rings. The van der Waals surface area contributed by atoms with E-state index >= 15 is 0 Å². The largest absolute Gasteiger partial charge is 0.484 e. The zero-order chi connectivity index (χ0) is 18.4. The Morgan fingerprint density at radius 2 is 2.08 bits per heavy atom. The number of carbonyl (C=O) groups is 1. The number of nitrogens with one attached hydrogen (secondary N) is 1. The number of hydrogen-bond donors (Lipinski definition) is 1. The van der Waals surface area contributed by atoms with Crippen molar-refractivity contribution in [1.29, 1.82) is 0 Å². The van der Waals surface area contributed by atoms with Crippen LogP contribution < -0.4 is 10.1 Å². The summed E-state index contributed by atoms with van der Waals surface area (Å²) in [5, 5.41) is 2.85. The van der Waals surface area contributed by atoms with Gasteiger partial charge in [-0.1, -0.05) is 6.07 Å². The maximum absolute atomic E-state index is 12.8. The number of aromatic nitrogens is 2. The summed E-state index contributed by atoms with van der Waals surface area (Å²) in [7, 11) is 0. The Morgan fingerprint density at radius 3 is 2.81 bits per heavy atom. The van der Waals surface area contributed by atoms with E-state index in [2.05, 4.69) is 15.3 Å². The van der Waals surface area contributed by atoms with Gasteiger partial charge >= 0.3 is 0 Å². The lowest BCUT2D eigenvalue weighted by Gasteiger charge is -2.12. The molecule has 2 aromatic heterocycles. The van der Waals surface area contributed by atoms with Crippen molar-refractivity contribution >= 4 is 5.91 Å². The average molecular weight is 355 g/mol. The molecule has 0 saturated heterocycles. The highest BCUT2D eigenvalue weighted by molar-refractivity contribution is 5.92. The van der Waals surface area contributed by atoms with Gasteiger partial charge in [0.05, 0.1) is 0 Å². The number of benzene rings is 1. The van der Waals surface area contributed by atoms with Crippen molar-refractivity contribution in [2.45, 2.75) is 26.0 Å². The fraction of sp³-hybridized carbons (Fsp3) is 0.211. The van der Waals surface area contributed by atoms with Gasteiger partial charge in [-0.3, -0.25) is 9.78 Å². The maximum atomic E-state index is 12.8. The summed E-state index contributed by atoms with van der Waals surface area (Å²) in [5.41, 5.74) is 1.07. The summed E-state index contributed by atoms with van der Waals surface area (Å²) >= 11 is 0. The highest BCUT2D eigenvalue weighted by atomic mass is 19.1. The summed E-state index contributed by atoms with van der Waals surface area (Å²) < 4.78 is 23.5. The summed E-state index contributed by atoms with van der Waals surface area (Å²) in [5.74, 6) is 0.0777. The van der Waals surface area contributed by atoms with Crippen molar-refractivity contribution in [2.24, 2.45) is 0 Å². The van der Waals surface area contributed by atoms with Crippen LogP contribution in [0.2, 0.25) is 0 Å². The first-order chi connectivity index (χ1) is 12.6. The number of hydrogen-bond acceptors (Lipinski definition) is 5. The normalized spacial score (nSPS) is 11.8. The highest BCUT2D eigenvalue weighted by Crippen LogP contribution is 2.13. The molecule has 0 saturated carbocycles. The Balaban J connectivity index is 1.51. The predicted molar refractivity (Wildman–Crippen MR) is 92.1 cm³/mol. The van der Waals surface area contributed by atoms with Gasteiger partial charge in [0.15, 0.2) is 12.3 Å². The number of amides is 1. The number of carbonyl (C=O) groups excluding carboxylic acids is 1. The first kappa shape index (κ1) is 17.6. The maximum Gasteiger partial charge on any atom is 0.273 e. The summed E-state index contributed by atoms with van der Waals surface area (Å²) in [6.45, 7) is 1.94. The molecule has 2 heterocycles. The lowest BCUT2D eigenvalue weighted by Crippen LogP contribution is -2.34. The highest BCUT2D eigenvalue weighted by Gasteiger charge is 2.15. The van der Waals surface area contributed by atoms with Crippen LogP contribution in [0.5, 0.6) is 5.75 Å². The van der Waals surface area contributed by atoms with Crippen LogP contribution in [0.1, 0.15) is 29.0 Å². The number of nitrogens with zero attached hydrogens (tertiary/aromatic N) is 2. The Hall–Kier alpha value is -3.22. The average Bonchev–Trinajstić information content (AvgIpc) is 3.11. The minimum absolute atomic E-state index is 0.0440. The third-order valence-electron chi connectivity index (χ3n) is 3.58. The van der Waals surface area contributed by atoms with Gasteiger partial charge in [0.1, 0.15) is 17.8 Å². The third-order valence-corrected chi connectivity index (χ3v) is 3.58. The molecule has 7 heteroatoms. The van der Waals surface area contributed by atoms with E-state index < -0.39 is 0 Å². The number of oxazole rings is 1. The van der Waals surface area contributed by atoms with E-state index in [-0.39, 0.29) is 36.0 Å². The minimum Gasteiger partial charge on any atom is -0.484 e. The van der Waals surface area contributed by atoms with Crippen molar-refractivity contribution in [3.05, 3.63) is 78.0 Å². The van der Waals surface area contributed by atoms with Gasteiger partial charge in [-0.15, -0.1) is 0 Å². The van der Waals surface area contributed by atoms with Crippen molar-refractivity contribution in [2.75, 3.05) is 0 Å². The van der Waals surface area contributed by atoms with E-state index in [1.807, 2.05) is 25.1 Å². The lowest BCUT2D eigenvalue weighted by atomic mass is 10.1. The monoisotopic (exact) mass is 355 g/mol. The van der Waals surface area contributed by atoms with Crippen LogP contribution in [0.3, 0.4) is 0 Å². The number of rotatable bonds is 7. The molecule has 1 N–H and O–H groups in total. The summed E-state index contributed by atoms with van der Waals surface area (Å²) in [4.78, 5) is 20.6. The fourth-order valence-corrected chi connectivity index (χ4v) is 2.34. The quantitative estimate of drug-likeness (QED) is 0.704. The third kappa shape index (κ3) is 4.89. The van der Waals surface area contributed by atoms with Gasteiger partial charge in [0.2, 0.25) is 5.89 Å². The van der Waals surface area contributed by atoms with Crippen molar-refractivity contribution in [1.82, 2.24) is 15.3 Å². The molecule has 1 aromatic carbocycles. The van der Waals surface area contributed by atoms with Gasteiger partial charge in [0.25, 0.3) is 5.91 Å². The smallest absolute Gasteiger partial charge is 0.273 e. The molecule has 6 nitrogen and oxygen atoms in total. The van der Waals surface area contributed by atoms with E-state index in [0.717, 1.165) is 5.69 Å². The Labute approximate surface area is 150 Å². The van der Waals surface area contributed by atoms with Crippen LogP contribution in [-0.2, 0) is 13.0 Å². The van der Waals surface area contributed by atoms with Gasteiger partial charge in [-0.2, -0.15) is 0 Å². The minimum atomic E-state index is -0.341. The van der Waals surface area contributed by atoms with Gasteiger partial charge < -0.3 is 14.5 Å². The first-order valence-corrected chi connectivity index (χ1v) is 8.13. The molecule has 134 valence electrons. The second kappa shape index (κ2) is 8.24. The summed E-state index contributed by atoms with van der Waals surface area (Å²) in [6, 6.07) is 11.2. The zero-order valence-corrected chi connectivity index (χ0v) is 14.2. The van der Waals surface area contributed by atoms with Crippen LogP contribution in [0.4, 0.5) is 4.39 Å². The first-order valence-electron chi connectivity index (χ1n) is 8.13. The van der Waals surface area contributed by atoms with E-state index in [0.29, 0.717) is 12.2 Å². The number of halogens is 1. The molecular formula is C19H18FN3O3. The second-order valence-electron chi connectivity index (χ2n) is 5.77. The lowest BCUT2D eigenvalue weighted by molar-refractivity contribution is 0.0935. The van der Waals surface area contributed by atoms with Crippen molar-refractivity contribution in [3.8, 4) is 5.75 Å². The standard InChI is InChI=1S/C19H18FN3O3/c1-13(10-15-4-2-3-9-21-15)22-19(24)17-11-26-18(23-17)12-25-16-7-5-14(20)6-8-16/h2-9,11,13H,10,12H2,1H3,(H,22,24). The predicted octanol–water partition coefficient (Wildman–Crippen LogP) is 3.15. The molecular weight excluding hydrogens is 337 g/mol. The summed E-state index contributed by atoms with van der Waals surface area (Å²) in [6.07, 6.45) is 3.62.